The number of ketones is 1. The second-order valence-electron chi connectivity index (χ2n) is 3.28. The van der Waals surface area contributed by atoms with E-state index >= 15 is 0 Å². The molecule has 0 bridgehead atoms. The zero-order chi connectivity index (χ0) is 13.2. The Balaban J connectivity index is 3.12. The second-order valence-corrected chi connectivity index (χ2v) is 5.30. The number of anilines is 1. The van der Waals surface area contributed by atoms with Crippen LogP contribution in [-0.4, -0.2) is 11.3 Å². The summed E-state index contributed by atoms with van der Waals surface area (Å²) < 4.78 is 36.7. The van der Waals surface area contributed by atoms with Crippen molar-refractivity contribution in [1.29, 1.82) is 0 Å². The van der Waals surface area contributed by atoms with Crippen LogP contribution in [0.4, 0.5) is 18.9 Å². The molecule has 1 rings (SSSR count). The lowest BCUT2D eigenvalue weighted by Gasteiger charge is -2.14. The molecule has 0 aliphatic carbocycles. The standard InChI is InChI=1S/C10H9BrF3NOS/c1-5(16)8(11)6-3-2-4-7(9(6)15)17-10(12,13)14/h2-4,8H,15H2,1H3. The lowest BCUT2D eigenvalue weighted by atomic mass is 10.1. The van der Waals surface area contributed by atoms with Crippen molar-refractivity contribution in [3.63, 3.8) is 0 Å². The van der Waals surface area contributed by atoms with Crippen molar-refractivity contribution >= 4 is 39.2 Å². The van der Waals surface area contributed by atoms with Gasteiger partial charge >= 0.3 is 5.51 Å². The molecule has 94 valence electrons. The summed E-state index contributed by atoms with van der Waals surface area (Å²) in [4.78, 5) is 10.4. The number of nitrogens with two attached hydrogens (primary N) is 1. The maximum atomic E-state index is 12.2. The molecule has 0 aliphatic rings. The molecule has 7 heteroatoms. The smallest absolute Gasteiger partial charge is 0.398 e. The van der Waals surface area contributed by atoms with Gasteiger partial charge in [-0.1, -0.05) is 28.1 Å². The minimum atomic E-state index is -4.40. The van der Waals surface area contributed by atoms with E-state index in [-0.39, 0.29) is 28.1 Å². The van der Waals surface area contributed by atoms with E-state index in [4.69, 9.17) is 5.73 Å². The van der Waals surface area contributed by atoms with Gasteiger partial charge in [0.2, 0.25) is 0 Å². The molecule has 0 fully saturated rings. The average Bonchev–Trinajstić information content (AvgIpc) is 2.18. The Morgan fingerprint density at radius 3 is 2.53 bits per heavy atom. The summed E-state index contributed by atoms with van der Waals surface area (Å²) in [5.41, 5.74) is 1.56. The molecule has 0 heterocycles. The van der Waals surface area contributed by atoms with Crippen LogP contribution < -0.4 is 5.73 Å². The van der Waals surface area contributed by atoms with Crippen LogP contribution in [0.3, 0.4) is 0 Å². The molecule has 1 atom stereocenters. The summed E-state index contributed by atoms with van der Waals surface area (Å²) in [5.74, 6) is -0.217. The number of hydrogen-bond acceptors (Lipinski definition) is 3. The van der Waals surface area contributed by atoms with E-state index in [0.717, 1.165) is 0 Å². The molecule has 1 aromatic carbocycles. The summed E-state index contributed by atoms with van der Waals surface area (Å²) in [5, 5.41) is 0. The zero-order valence-corrected chi connectivity index (χ0v) is 11.1. The molecular weight excluding hydrogens is 319 g/mol. The van der Waals surface area contributed by atoms with Crippen molar-refractivity contribution in [2.45, 2.75) is 22.2 Å². The third-order valence-electron chi connectivity index (χ3n) is 1.96. The fourth-order valence-corrected chi connectivity index (χ4v) is 2.24. The minimum absolute atomic E-state index is 0.0214. The Bertz CT molecular complexity index is 436. The van der Waals surface area contributed by atoms with Gasteiger partial charge in [0.05, 0.1) is 10.5 Å². The van der Waals surface area contributed by atoms with E-state index in [1.54, 1.807) is 0 Å². The maximum absolute atomic E-state index is 12.2. The normalized spacial score (nSPS) is 13.5. The number of nitrogen functional groups attached to an aromatic ring is 1. The fourth-order valence-electron chi connectivity index (χ4n) is 1.21. The van der Waals surface area contributed by atoms with E-state index in [1.165, 1.54) is 25.1 Å². The molecule has 2 nitrogen and oxygen atoms in total. The Morgan fingerprint density at radius 2 is 2.06 bits per heavy atom. The van der Waals surface area contributed by atoms with Gasteiger partial charge in [-0.2, -0.15) is 13.2 Å². The van der Waals surface area contributed by atoms with Gasteiger partial charge in [0.15, 0.2) is 0 Å². The predicted octanol–water partition coefficient (Wildman–Crippen LogP) is 3.91. The number of halogens is 4. The quantitative estimate of drug-likeness (QED) is 0.520. The highest BCUT2D eigenvalue weighted by Crippen LogP contribution is 2.42. The highest BCUT2D eigenvalue weighted by Gasteiger charge is 2.31. The van der Waals surface area contributed by atoms with Crippen molar-refractivity contribution in [2.75, 3.05) is 5.73 Å². The van der Waals surface area contributed by atoms with Crippen molar-refractivity contribution < 1.29 is 18.0 Å². The monoisotopic (exact) mass is 327 g/mol. The largest absolute Gasteiger partial charge is 0.446 e. The van der Waals surface area contributed by atoms with E-state index in [0.29, 0.717) is 5.56 Å². The summed E-state index contributed by atoms with van der Waals surface area (Å²) in [6, 6.07) is 4.24. The molecule has 17 heavy (non-hydrogen) atoms. The molecule has 1 unspecified atom stereocenters. The molecule has 0 spiro atoms. The van der Waals surface area contributed by atoms with E-state index in [2.05, 4.69) is 15.9 Å². The number of carbonyl (C=O) groups excluding carboxylic acids is 1. The first-order valence-electron chi connectivity index (χ1n) is 4.51. The molecule has 1 aromatic rings. The van der Waals surface area contributed by atoms with Crippen molar-refractivity contribution in [2.24, 2.45) is 0 Å². The predicted molar refractivity (Wildman–Crippen MR) is 65.1 cm³/mol. The molecule has 0 amide bonds. The number of carbonyl (C=O) groups is 1. The number of benzene rings is 1. The highest BCUT2D eigenvalue weighted by molar-refractivity contribution is 9.09. The molecule has 2 N–H and O–H groups in total. The Hall–Kier alpha value is -0.690. The SMILES string of the molecule is CC(=O)C(Br)c1cccc(SC(F)(F)F)c1N. The number of Topliss-reactive ketones (excluding diaryl/α,β-unsaturated/α-hetero) is 1. The number of alkyl halides is 4. The summed E-state index contributed by atoms with van der Waals surface area (Å²) in [6.45, 7) is 1.34. The second kappa shape index (κ2) is 5.30. The van der Waals surface area contributed by atoms with Crippen molar-refractivity contribution in [1.82, 2.24) is 0 Å². The van der Waals surface area contributed by atoms with Gasteiger partial charge in [-0.05, 0) is 30.3 Å². The van der Waals surface area contributed by atoms with Crippen LogP contribution in [0.15, 0.2) is 23.1 Å². The summed E-state index contributed by atoms with van der Waals surface area (Å²) in [6.07, 6.45) is 0. The average molecular weight is 328 g/mol. The first-order chi connectivity index (χ1) is 7.72. The number of hydrogen-bond donors (Lipinski definition) is 1. The van der Waals surface area contributed by atoms with Gasteiger partial charge in [-0.3, -0.25) is 4.79 Å². The number of thioether (sulfide) groups is 1. The van der Waals surface area contributed by atoms with Gasteiger partial charge in [0, 0.05) is 4.90 Å². The van der Waals surface area contributed by atoms with Gasteiger partial charge in [-0.25, -0.2) is 0 Å². The molecular formula is C10H9BrF3NOS. The van der Waals surface area contributed by atoms with E-state index in [9.17, 15) is 18.0 Å². The van der Waals surface area contributed by atoms with Crippen LogP contribution in [-0.2, 0) is 4.79 Å². The topological polar surface area (TPSA) is 43.1 Å². The van der Waals surface area contributed by atoms with Crippen LogP contribution in [0.5, 0.6) is 0 Å². The molecule has 0 saturated carbocycles. The lowest BCUT2D eigenvalue weighted by molar-refractivity contribution is -0.116. The minimum Gasteiger partial charge on any atom is -0.398 e. The third-order valence-corrected chi connectivity index (χ3v) is 3.90. The molecule has 0 aromatic heterocycles. The first kappa shape index (κ1) is 14.4. The third kappa shape index (κ3) is 3.92. The van der Waals surface area contributed by atoms with Crippen LogP contribution in [0.2, 0.25) is 0 Å². The van der Waals surface area contributed by atoms with Crippen LogP contribution in [0.1, 0.15) is 17.3 Å². The maximum Gasteiger partial charge on any atom is 0.446 e. The first-order valence-corrected chi connectivity index (χ1v) is 6.24. The van der Waals surface area contributed by atoms with Gasteiger partial charge in [-0.15, -0.1) is 0 Å². The lowest BCUT2D eigenvalue weighted by Crippen LogP contribution is -2.07. The van der Waals surface area contributed by atoms with Crippen LogP contribution in [0.25, 0.3) is 0 Å². The van der Waals surface area contributed by atoms with Crippen LogP contribution in [0, 0.1) is 0 Å². The molecule has 0 aliphatic heterocycles. The van der Waals surface area contributed by atoms with Crippen molar-refractivity contribution in [3.8, 4) is 0 Å². The Morgan fingerprint density at radius 1 is 1.47 bits per heavy atom. The molecule has 0 saturated heterocycles. The van der Waals surface area contributed by atoms with Gasteiger partial charge in [0.25, 0.3) is 0 Å². The number of rotatable bonds is 3. The summed E-state index contributed by atoms with van der Waals surface area (Å²) in [7, 11) is 0. The van der Waals surface area contributed by atoms with Gasteiger partial charge < -0.3 is 5.73 Å². The molecule has 0 radical (unpaired) electrons. The fraction of sp³-hybridized carbons (Fsp3) is 0.300. The summed E-state index contributed by atoms with van der Waals surface area (Å²) >= 11 is 2.81. The van der Waals surface area contributed by atoms with E-state index < -0.39 is 10.3 Å². The van der Waals surface area contributed by atoms with Crippen molar-refractivity contribution in [3.05, 3.63) is 23.8 Å². The highest BCUT2D eigenvalue weighted by atomic mass is 79.9. The zero-order valence-electron chi connectivity index (χ0n) is 8.72. The van der Waals surface area contributed by atoms with Gasteiger partial charge in [0.1, 0.15) is 5.78 Å². The Labute approximate surface area is 109 Å². The van der Waals surface area contributed by atoms with Crippen LogP contribution >= 0.6 is 27.7 Å². The van der Waals surface area contributed by atoms with E-state index in [1.807, 2.05) is 0 Å². The number of para-hydroxylation sites is 1. The Kier molecular flexibility index (Phi) is 4.48.